The first kappa shape index (κ1) is 12.8. The van der Waals surface area contributed by atoms with Gasteiger partial charge in [-0.25, -0.2) is 9.37 Å². The number of aromatic nitrogens is 1. The number of anilines is 1. The number of rotatable bonds is 2. The van der Waals surface area contributed by atoms with Gasteiger partial charge in [0.1, 0.15) is 5.82 Å². The Kier molecular flexibility index (Phi) is 3.79. The maximum atomic E-state index is 13.5. The van der Waals surface area contributed by atoms with Crippen molar-refractivity contribution in [1.29, 1.82) is 0 Å². The lowest BCUT2D eigenvalue weighted by Gasteiger charge is -2.07. The van der Waals surface area contributed by atoms with Gasteiger partial charge in [0.2, 0.25) is 0 Å². The lowest BCUT2D eigenvalue weighted by molar-refractivity contribution is 0.102. The second-order valence-electron chi connectivity index (χ2n) is 3.42. The zero-order chi connectivity index (χ0) is 13.1. The summed E-state index contributed by atoms with van der Waals surface area (Å²) in [5.41, 5.74) is 0.158. The van der Waals surface area contributed by atoms with Crippen molar-refractivity contribution in [1.82, 2.24) is 4.98 Å². The number of hydrogen-bond donors (Lipinski definition) is 1. The number of carbonyl (C=O) groups is 1. The minimum Gasteiger partial charge on any atom is -0.319 e. The van der Waals surface area contributed by atoms with Crippen molar-refractivity contribution in [3.63, 3.8) is 0 Å². The van der Waals surface area contributed by atoms with E-state index < -0.39 is 11.7 Å². The SMILES string of the molecule is O=C(Nc1cccnc1Cl)c1cc(Cl)ccc1F. The van der Waals surface area contributed by atoms with E-state index >= 15 is 0 Å². The Hall–Kier alpha value is -1.65. The zero-order valence-electron chi connectivity index (χ0n) is 8.95. The van der Waals surface area contributed by atoms with E-state index in [2.05, 4.69) is 10.3 Å². The van der Waals surface area contributed by atoms with Crippen molar-refractivity contribution in [3.8, 4) is 0 Å². The smallest absolute Gasteiger partial charge is 0.258 e. The zero-order valence-corrected chi connectivity index (χ0v) is 10.5. The molecule has 0 saturated carbocycles. The minimum atomic E-state index is -0.656. The van der Waals surface area contributed by atoms with Crippen LogP contribution in [0.15, 0.2) is 36.5 Å². The van der Waals surface area contributed by atoms with E-state index in [1.165, 1.54) is 18.3 Å². The second kappa shape index (κ2) is 5.33. The molecular formula is C12H7Cl2FN2O. The van der Waals surface area contributed by atoms with Crippen molar-refractivity contribution < 1.29 is 9.18 Å². The molecule has 1 aromatic carbocycles. The number of nitrogens with zero attached hydrogens (tertiary/aromatic N) is 1. The first-order valence-corrected chi connectivity index (χ1v) is 5.70. The molecule has 18 heavy (non-hydrogen) atoms. The highest BCUT2D eigenvalue weighted by atomic mass is 35.5. The van der Waals surface area contributed by atoms with E-state index in [0.29, 0.717) is 5.69 Å². The van der Waals surface area contributed by atoms with Crippen LogP contribution in [-0.4, -0.2) is 10.9 Å². The molecular weight excluding hydrogens is 278 g/mol. The fraction of sp³-hybridized carbons (Fsp3) is 0. The largest absolute Gasteiger partial charge is 0.319 e. The molecule has 0 aliphatic carbocycles. The van der Waals surface area contributed by atoms with Crippen LogP contribution >= 0.6 is 23.2 Å². The number of nitrogens with one attached hydrogen (secondary N) is 1. The highest BCUT2D eigenvalue weighted by Crippen LogP contribution is 2.20. The molecule has 0 unspecified atom stereocenters. The number of benzene rings is 1. The number of halogens is 3. The van der Waals surface area contributed by atoms with Crippen molar-refractivity contribution >= 4 is 34.8 Å². The van der Waals surface area contributed by atoms with Crippen LogP contribution < -0.4 is 5.32 Å². The Morgan fingerprint density at radius 1 is 1.28 bits per heavy atom. The average Bonchev–Trinajstić information content (AvgIpc) is 2.35. The van der Waals surface area contributed by atoms with Crippen LogP contribution in [0.3, 0.4) is 0 Å². The Morgan fingerprint density at radius 3 is 2.78 bits per heavy atom. The summed E-state index contributed by atoms with van der Waals surface area (Å²) >= 11 is 11.5. The summed E-state index contributed by atoms with van der Waals surface area (Å²) in [5, 5.41) is 2.87. The van der Waals surface area contributed by atoms with E-state index in [-0.39, 0.29) is 15.7 Å². The molecule has 2 aromatic rings. The Balaban J connectivity index is 2.28. The third kappa shape index (κ3) is 2.78. The molecule has 0 saturated heterocycles. The van der Waals surface area contributed by atoms with Gasteiger partial charge in [0.15, 0.2) is 5.15 Å². The fourth-order valence-corrected chi connectivity index (χ4v) is 1.68. The topological polar surface area (TPSA) is 42.0 Å². The van der Waals surface area contributed by atoms with E-state index in [0.717, 1.165) is 6.07 Å². The van der Waals surface area contributed by atoms with Crippen molar-refractivity contribution in [2.24, 2.45) is 0 Å². The monoisotopic (exact) mass is 284 g/mol. The van der Waals surface area contributed by atoms with Crippen LogP contribution in [0.2, 0.25) is 10.2 Å². The standard InChI is InChI=1S/C12H7Cl2FN2O/c13-7-3-4-9(15)8(6-7)12(18)17-10-2-1-5-16-11(10)14/h1-6H,(H,17,18). The van der Waals surface area contributed by atoms with Crippen LogP contribution in [0.5, 0.6) is 0 Å². The van der Waals surface area contributed by atoms with E-state index in [9.17, 15) is 9.18 Å². The van der Waals surface area contributed by atoms with Crippen molar-refractivity contribution in [2.45, 2.75) is 0 Å². The second-order valence-corrected chi connectivity index (χ2v) is 4.21. The molecule has 0 bridgehead atoms. The van der Waals surface area contributed by atoms with Gasteiger partial charge in [0.25, 0.3) is 5.91 Å². The summed E-state index contributed by atoms with van der Waals surface area (Å²) in [4.78, 5) is 15.6. The third-order valence-corrected chi connectivity index (χ3v) is 2.72. The van der Waals surface area contributed by atoms with E-state index in [4.69, 9.17) is 23.2 Å². The maximum absolute atomic E-state index is 13.5. The summed E-state index contributed by atoms with van der Waals surface area (Å²) in [7, 11) is 0. The summed E-state index contributed by atoms with van der Waals surface area (Å²) < 4.78 is 13.5. The highest BCUT2D eigenvalue weighted by molar-refractivity contribution is 6.33. The summed E-state index contributed by atoms with van der Waals surface area (Å²) in [6.07, 6.45) is 1.48. The summed E-state index contributed by atoms with van der Waals surface area (Å²) in [6.45, 7) is 0. The lowest BCUT2D eigenvalue weighted by atomic mass is 10.2. The Bertz CT molecular complexity index is 604. The predicted molar refractivity (Wildman–Crippen MR) is 68.6 cm³/mol. The molecule has 0 aliphatic rings. The number of pyridine rings is 1. The van der Waals surface area contributed by atoms with Gasteiger partial charge in [-0.15, -0.1) is 0 Å². The highest BCUT2D eigenvalue weighted by Gasteiger charge is 2.13. The summed E-state index contributed by atoms with van der Waals surface area (Å²) in [5.74, 6) is -1.29. The van der Waals surface area contributed by atoms with Crippen LogP contribution in [0.25, 0.3) is 0 Å². The number of carbonyl (C=O) groups excluding carboxylic acids is 1. The molecule has 1 N–H and O–H groups in total. The van der Waals surface area contributed by atoms with Crippen LogP contribution in [0, 0.1) is 5.82 Å². The molecule has 0 atom stereocenters. The van der Waals surface area contributed by atoms with E-state index in [1.807, 2.05) is 0 Å². The van der Waals surface area contributed by atoms with Crippen LogP contribution in [0.1, 0.15) is 10.4 Å². The molecule has 2 rings (SSSR count). The van der Waals surface area contributed by atoms with Crippen LogP contribution in [-0.2, 0) is 0 Å². The normalized spacial score (nSPS) is 10.2. The van der Waals surface area contributed by atoms with Gasteiger partial charge in [0.05, 0.1) is 11.3 Å². The van der Waals surface area contributed by atoms with Gasteiger partial charge in [-0.2, -0.15) is 0 Å². The molecule has 1 amide bonds. The number of hydrogen-bond acceptors (Lipinski definition) is 2. The molecule has 0 aliphatic heterocycles. The quantitative estimate of drug-likeness (QED) is 0.853. The molecule has 0 fully saturated rings. The van der Waals surface area contributed by atoms with Crippen LogP contribution in [0.4, 0.5) is 10.1 Å². The van der Waals surface area contributed by atoms with Crippen molar-refractivity contribution in [2.75, 3.05) is 5.32 Å². The summed E-state index contributed by atoms with van der Waals surface area (Å²) in [6, 6.07) is 6.91. The van der Waals surface area contributed by atoms with Gasteiger partial charge < -0.3 is 5.32 Å². The maximum Gasteiger partial charge on any atom is 0.258 e. The molecule has 0 spiro atoms. The third-order valence-electron chi connectivity index (χ3n) is 2.18. The molecule has 0 radical (unpaired) electrons. The fourth-order valence-electron chi connectivity index (χ4n) is 1.34. The van der Waals surface area contributed by atoms with Gasteiger partial charge in [0, 0.05) is 11.2 Å². The van der Waals surface area contributed by atoms with Gasteiger partial charge in [-0.3, -0.25) is 4.79 Å². The average molecular weight is 285 g/mol. The predicted octanol–water partition coefficient (Wildman–Crippen LogP) is 3.78. The van der Waals surface area contributed by atoms with Gasteiger partial charge >= 0.3 is 0 Å². The molecule has 1 aromatic heterocycles. The molecule has 1 heterocycles. The first-order chi connectivity index (χ1) is 8.58. The molecule has 3 nitrogen and oxygen atoms in total. The number of amides is 1. The lowest BCUT2D eigenvalue weighted by Crippen LogP contribution is -2.14. The first-order valence-electron chi connectivity index (χ1n) is 4.95. The van der Waals surface area contributed by atoms with Gasteiger partial charge in [-0.05, 0) is 30.3 Å². The van der Waals surface area contributed by atoms with Gasteiger partial charge in [-0.1, -0.05) is 23.2 Å². The van der Waals surface area contributed by atoms with Crippen molar-refractivity contribution in [3.05, 3.63) is 58.1 Å². The molecule has 92 valence electrons. The molecule has 6 heteroatoms. The Labute approximate surface area is 113 Å². The minimum absolute atomic E-state index is 0.133. The van der Waals surface area contributed by atoms with E-state index in [1.54, 1.807) is 12.1 Å². The Morgan fingerprint density at radius 2 is 2.06 bits per heavy atom.